The maximum atomic E-state index is 12.4. The molecule has 0 aliphatic carbocycles. The third-order valence-corrected chi connectivity index (χ3v) is 9.44. The topological polar surface area (TPSA) is 90.1 Å². The van der Waals surface area contributed by atoms with Crippen molar-refractivity contribution in [2.45, 2.75) is 45.5 Å². The van der Waals surface area contributed by atoms with Crippen LogP contribution in [0, 0.1) is 0 Å². The van der Waals surface area contributed by atoms with Gasteiger partial charge in [-0.15, -0.1) is 0 Å². The number of furan rings is 1. The van der Waals surface area contributed by atoms with Crippen LogP contribution in [0.1, 0.15) is 42.6 Å². The van der Waals surface area contributed by atoms with Gasteiger partial charge in [0.25, 0.3) is 0 Å². The fourth-order valence-corrected chi connectivity index (χ4v) is 3.06. The van der Waals surface area contributed by atoms with Gasteiger partial charge in [-0.05, 0) is 30.3 Å². The second-order valence-corrected chi connectivity index (χ2v) is 12.9. The van der Waals surface area contributed by atoms with E-state index in [1.165, 1.54) is 7.11 Å². The van der Waals surface area contributed by atoms with Crippen molar-refractivity contribution in [3.05, 3.63) is 59.5 Å². The molecule has 0 fully saturated rings. The van der Waals surface area contributed by atoms with Crippen LogP contribution in [0.15, 0.2) is 52.0 Å². The number of nitrogens with one attached hydrogen (secondary N) is 1. The number of rotatable bonds is 7. The second kappa shape index (κ2) is 9.19. The van der Waals surface area contributed by atoms with E-state index in [0.717, 1.165) is 0 Å². The number of nitrogens with zero attached hydrogens (tertiary/aromatic N) is 1. The van der Waals surface area contributed by atoms with E-state index in [1.54, 1.807) is 36.4 Å². The molecule has 0 spiro atoms. The number of carbonyl (C=O) groups excluding carboxylic acids is 2. The average molecular weight is 417 g/mol. The van der Waals surface area contributed by atoms with E-state index in [2.05, 4.69) is 44.4 Å². The van der Waals surface area contributed by atoms with Crippen molar-refractivity contribution in [2.24, 2.45) is 5.10 Å². The van der Waals surface area contributed by atoms with Gasteiger partial charge in [-0.2, -0.15) is 5.10 Å². The lowest BCUT2D eigenvalue weighted by Gasteiger charge is -2.35. The molecule has 0 aliphatic heterocycles. The zero-order chi connectivity index (χ0) is 21.7. The summed E-state index contributed by atoms with van der Waals surface area (Å²) in [5.74, 6) is -0.583. The first kappa shape index (κ1) is 22.6. The smallest absolute Gasteiger partial charge is 0.359 e. The highest BCUT2D eigenvalue weighted by Crippen LogP contribution is 2.37. The van der Waals surface area contributed by atoms with Crippen LogP contribution in [0.5, 0.6) is 0 Å². The van der Waals surface area contributed by atoms with Crippen LogP contribution in [0.2, 0.25) is 18.1 Å². The first-order valence-corrected chi connectivity index (χ1v) is 12.2. The molecule has 0 radical (unpaired) electrons. The van der Waals surface area contributed by atoms with Gasteiger partial charge in [-0.3, -0.25) is 4.79 Å². The van der Waals surface area contributed by atoms with E-state index in [1.807, 2.05) is 6.07 Å². The molecule has 0 atom stereocenters. The van der Waals surface area contributed by atoms with Crippen molar-refractivity contribution in [3.63, 3.8) is 0 Å². The van der Waals surface area contributed by atoms with Crippen LogP contribution in [-0.4, -0.2) is 33.0 Å². The van der Waals surface area contributed by atoms with Crippen LogP contribution in [0.25, 0.3) is 0 Å². The SMILES string of the molecule is COC(=O)/C(=N/NC(=O)c1ccc(CO[Si](C)(C)C(C)(C)C)o1)c1ccccc1. The predicted molar refractivity (Wildman–Crippen MR) is 113 cm³/mol. The van der Waals surface area contributed by atoms with Crippen LogP contribution in [0.3, 0.4) is 0 Å². The number of methoxy groups -OCH3 is 1. The van der Waals surface area contributed by atoms with Gasteiger partial charge in [-0.25, -0.2) is 10.2 Å². The molecule has 0 aliphatic rings. The molecule has 1 amide bonds. The number of hydrogen-bond acceptors (Lipinski definition) is 6. The van der Waals surface area contributed by atoms with Gasteiger partial charge >= 0.3 is 11.9 Å². The summed E-state index contributed by atoms with van der Waals surface area (Å²) >= 11 is 0. The molecule has 29 heavy (non-hydrogen) atoms. The summed E-state index contributed by atoms with van der Waals surface area (Å²) < 4.78 is 16.4. The highest BCUT2D eigenvalue weighted by molar-refractivity contribution is 6.74. The molecule has 1 aromatic heterocycles. The number of hydrogen-bond donors (Lipinski definition) is 1. The summed E-state index contributed by atoms with van der Waals surface area (Å²) in [7, 11) is -0.670. The summed E-state index contributed by atoms with van der Waals surface area (Å²) in [6, 6.07) is 12.0. The fourth-order valence-electron chi connectivity index (χ4n) is 2.13. The van der Waals surface area contributed by atoms with Gasteiger partial charge in [0.2, 0.25) is 0 Å². The Labute approximate surface area is 172 Å². The third kappa shape index (κ3) is 5.88. The van der Waals surface area contributed by atoms with E-state index in [4.69, 9.17) is 13.6 Å². The van der Waals surface area contributed by atoms with E-state index in [-0.39, 0.29) is 16.5 Å². The zero-order valence-corrected chi connectivity index (χ0v) is 18.7. The Morgan fingerprint density at radius 3 is 2.34 bits per heavy atom. The van der Waals surface area contributed by atoms with Crippen molar-refractivity contribution >= 4 is 25.9 Å². The summed E-state index contributed by atoms with van der Waals surface area (Å²) in [6.07, 6.45) is 0. The Balaban J connectivity index is 2.07. The predicted octanol–water partition coefficient (Wildman–Crippen LogP) is 4.11. The minimum Gasteiger partial charge on any atom is -0.464 e. The highest BCUT2D eigenvalue weighted by Gasteiger charge is 2.37. The van der Waals surface area contributed by atoms with Crippen LogP contribution in [0.4, 0.5) is 0 Å². The lowest BCUT2D eigenvalue weighted by molar-refractivity contribution is -0.132. The van der Waals surface area contributed by atoms with Gasteiger partial charge in [0, 0.05) is 5.56 Å². The monoisotopic (exact) mass is 416 g/mol. The van der Waals surface area contributed by atoms with E-state index >= 15 is 0 Å². The van der Waals surface area contributed by atoms with E-state index in [9.17, 15) is 9.59 Å². The largest absolute Gasteiger partial charge is 0.464 e. The zero-order valence-electron chi connectivity index (χ0n) is 17.7. The van der Waals surface area contributed by atoms with Gasteiger partial charge in [0.1, 0.15) is 5.76 Å². The lowest BCUT2D eigenvalue weighted by Crippen LogP contribution is -2.40. The normalized spacial score (nSPS) is 12.6. The molecule has 0 saturated heterocycles. The standard InChI is InChI=1S/C21H28N2O5Si/c1-21(2,3)29(5,6)27-14-16-12-13-17(28-16)19(24)23-22-18(20(25)26-4)15-10-8-7-9-11-15/h7-13H,14H2,1-6H3,(H,23,24)/b22-18+. The number of carbonyl (C=O) groups is 2. The maximum absolute atomic E-state index is 12.4. The Morgan fingerprint density at radius 1 is 1.10 bits per heavy atom. The highest BCUT2D eigenvalue weighted by atomic mass is 28.4. The molecule has 2 rings (SSSR count). The lowest BCUT2D eigenvalue weighted by atomic mass is 10.1. The molecule has 8 heteroatoms. The Hall–Kier alpha value is -2.71. The maximum Gasteiger partial charge on any atom is 0.359 e. The van der Waals surface area contributed by atoms with Crippen molar-refractivity contribution in [2.75, 3.05) is 7.11 Å². The van der Waals surface area contributed by atoms with Crippen LogP contribution in [-0.2, 0) is 20.6 Å². The first-order chi connectivity index (χ1) is 13.5. The number of esters is 1. The third-order valence-electron chi connectivity index (χ3n) is 4.96. The van der Waals surface area contributed by atoms with Gasteiger partial charge in [0.15, 0.2) is 19.8 Å². The van der Waals surface area contributed by atoms with Crippen molar-refractivity contribution in [1.29, 1.82) is 0 Å². The Morgan fingerprint density at radius 2 is 1.76 bits per heavy atom. The molecular weight excluding hydrogens is 388 g/mol. The molecule has 0 saturated carbocycles. The van der Waals surface area contributed by atoms with Crippen molar-refractivity contribution < 1.29 is 23.2 Å². The Kier molecular flexibility index (Phi) is 7.15. The second-order valence-electron chi connectivity index (χ2n) is 8.07. The van der Waals surface area contributed by atoms with Gasteiger partial charge in [-0.1, -0.05) is 51.1 Å². The van der Waals surface area contributed by atoms with Crippen molar-refractivity contribution in [1.82, 2.24) is 5.43 Å². The first-order valence-electron chi connectivity index (χ1n) is 9.29. The molecule has 1 heterocycles. The van der Waals surface area contributed by atoms with Crippen LogP contribution < -0.4 is 5.43 Å². The molecule has 0 unspecified atom stereocenters. The molecule has 156 valence electrons. The molecule has 7 nitrogen and oxygen atoms in total. The van der Waals surface area contributed by atoms with E-state index < -0.39 is 20.2 Å². The summed E-state index contributed by atoms with van der Waals surface area (Å²) in [5.41, 5.74) is 2.87. The minimum absolute atomic E-state index is 0.00510. The molecular formula is C21H28N2O5Si. The fraction of sp³-hybridized carbons (Fsp3) is 0.381. The minimum atomic E-state index is -1.92. The van der Waals surface area contributed by atoms with Gasteiger partial charge in [0.05, 0.1) is 13.7 Å². The number of amides is 1. The molecule has 1 aromatic carbocycles. The summed E-state index contributed by atoms with van der Waals surface area (Å²) in [4.78, 5) is 24.4. The molecule has 0 bridgehead atoms. The van der Waals surface area contributed by atoms with E-state index in [0.29, 0.717) is 17.9 Å². The van der Waals surface area contributed by atoms with Crippen LogP contribution >= 0.6 is 0 Å². The molecule has 1 N–H and O–H groups in total. The average Bonchev–Trinajstić information content (AvgIpc) is 3.15. The number of hydrazone groups is 1. The summed E-state index contributed by atoms with van der Waals surface area (Å²) in [5, 5.41) is 4.01. The number of ether oxygens (including phenoxy) is 1. The van der Waals surface area contributed by atoms with Crippen molar-refractivity contribution in [3.8, 4) is 0 Å². The quantitative estimate of drug-likeness (QED) is 0.317. The summed E-state index contributed by atoms with van der Waals surface area (Å²) in [6.45, 7) is 11.1. The van der Waals surface area contributed by atoms with Gasteiger partial charge < -0.3 is 13.6 Å². The molecule has 2 aromatic rings. The Bertz CT molecular complexity index is 882. The number of benzene rings is 1.